The Morgan fingerprint density at radius 2 is 2.11 bits per heavy atom. The zero-order valence-corrected chi connectivity index (χ0v) is 19.3. The standard InChI is InChI=1S/C19H28ClN3O4.HI/c1-21-19(22-5-3-6-24-13-15-4-2-7-25-15)23-12-14-10-16(20)18-17(11-14)26-8-9-27-18;/h10-11,15H,2-9,12-13H2,1H3,(H2,21,22,23);1H. The molecule has 158 valence electrons. The van der Waals surface area contributed by atoms with E-state index in [1.165, 1.54) is 0 Å². The van der Waals surface area contributed by atoms with Gasteiger partial charge in [0.1, 0.15) is 13.2 Å². The molecular formula is C19H29ClIN3O4. The Kier molecular flexibility index (Phi) is 10.5. The summed E-state index contributed by atoms with van der Waals surface area (Å²) < 4.78 is 22.4. The summed E-state index contributed by atoms with van der Waals surface area (Å²) in [6.45, 7) is 4.71. The average Bonchev–Trinajstić information content (AvgIpc) is 3.20. The first-order chi connectivity index (χ1) is 13.3. The number of benzene rings is 1. The number of ether oxygens (including phenoxy) is 4. The van der Waals surface area contributed by atoms with Gasteiger partial charge in [-0.2, -0.15) is 0 Å². The van der Waals surface area contributed by atoms with Gasteiger partial charge in [-0.3, -0.25) is 4.99 Å². The largest absolute Gasteiger partial charge is 0.486 e. The molecule has 2 heterocycles. The van der Waals surface area contributed by atoms with E-state index < -0.39 is 0 Å². The fourth-order valence-corrected chi connectivity index (χ4v) is 3.33. The number of rotatable bonds is 8. The van der Waals surface area contributed by atoms with Crippen LogP contribution in [-0.2, 0) is 16.0 Å². The maximum Gasteiger partial charge on any atom is 0.191 e. The summed E-state index contributed by atoms with van der Waals surface area (Å²) in [5, 5.41) is 7.13. The molecule has 1 saturated heterocycles. The van der Waals surface area contributed by atoms with E-state index in [-0.39, 0.29) is 30.1 Å². The highest BCUT2D eigenvalue weighted by Crippen LogP contribution is 2.38. The molecule has 9 heteroatoms. The topological polar surface area (TPSA) is 73.3 Å². The third-order valence-electron chi connectivity index (χ3n) is 4.43. The van der Waals surface area contributed by atoms with Crippen LogP contribution in [0.3, 0.4) is 0 Å². The van der Waals surface area contributed by atoms with Crippen LogP contribution < -0.4 is 20.1 Å². The van der Waals surface area contributed by atoms with Crippen LogP contribution in [0.15, 0.2) is 17.1 Å². The van der Waals surface area contributed by atoms with Gasteiger partial charge in [0.25, 0.3) is 0 Å². The van der Waals surface area contributed by atoms with Crippen LogP contribution >= 0.6 is 35.6 Å². The molecule has 2 aliphatic rings. The van der Waals surface area contributed by atoms with Crippen LogP contribution in [0.1, 0.15) is 24.8 Å². The van der Waals surface area contributed by atoms with Gasteiger partial charge < -0.3 is 29.6 Å². The van der Waals surface area contributed by atoms with E-state index >= 15 is 0 Å². The molecule has 1 atom stereocenters. The van der Waals surface area contributed by atoms with Gasteiger partial charge in [0, 0.05) is 33.4 Å². The maximum absolute atomic E-state index is 6.27. The van der Waals surface area contributed by atoms with Crippen molar-refractivity contribution in [2.45, 2.75) is 31.9 Å². The van der Waals surface area contributed by atoms with Crippen molar-refractivity contribution >= 4 is 41.5 Å². The monoisotopic (exact) mass is 525 g/mol. The molecule has 2 aliphatic heterocycles. The molecule has 1 aromatic rings. The molecule has 3 rings (SSSR count). The summed E-state index contributed by atoms with van der Waals surface area (Å²) in [7, 11) is 1.75. The van der Waals surface area contributed by atoms with E-state index in [4.69, 9.17) is 30.5 Å². The summed E-state index contributed by atoms with van der Waals surface area (Å²) in [5.74, 6) is 2.05. The van der Waals surface area contributed by atoms with Gasteiger partial charge in [-0.15, -0.1) is 24.0 Å². The van der Waals surface area contributed by atoms with E-state index in [2.05, 4.69) is 15.6 Å². The maximum atomic E-state index is 6.27. The highest BCUT2D eigenvalue weighted by atomic mass is 127. The third-order valence-corrected chi connectivity index (χ3v) is 4.71. The average molecular weight is 526 g/mol. The number of halogens is 2. The molecule has 1 aromatic carbocycles. The fourth-order valence-electron chi connectivity index (χ4n) is 3.04. The van der Waals surface area contributed by atoms with Crippen molar-refractivity contribution in [3.8, 4) is 11.5 Å². The minimum absolute atomic E-state index is 0. The van der Waals surface area contributed by atoms with Crippen molar-refractivity contribution in [1.29, 1.82) is 0 Å². The summed E-state index contributed by atoms with van der Waals surface area (Å²) in [5.41, 5.74) is 1.01. The predicted molar refractivity (Wildman–Crippen MR) is 120 cm³/mol. The molecule has 1 unspecified atom stereocenters. The Hall–Kier alpha value is -0.970. The normalized spacial score (nSPS) is 18.5. The lowest BCUT2D eigenvalue weighted by atomic mass is 10.2. The van der Waals surface area contributed by atoms with Gasteiger partial charge in [-0.25, -0.2) is 0 Å². The Labute approximate surface area is 188 Å². The number of nitrogens with one attached hydrogen (secondary N) is 2. The van der Waals surface area contributed by atoms with Gasteiger partial charge >= 0.3 is 0 Å². The quantitative estimate of drug-likeness (QED) is 0.235. The van der Waals surface area contributed by atoms with Gasteiger partial charge in [0.15, 0.2) is 17.5 Å². The Balaban J connectivity index is 0.00000280. The molecule has 2 N–H and O–H groups in total. The lowest BCUT2D eigenvalue weighted by molar-refractivity contribution is 0.0168. The van der Waals surface area contributed by atoms with Crippen molar-refractivity contribution in [2.75, 3.05) is 46.6 Å². The van der Waals surface area contributed by atoms with E-state index in [1.807, 2.05) is 12.1 Å². The lowest BCUT2D eigenvalue weighted by Gasteiger charge is -2.20. The number of hydrogen-bond donors (Lipinski definition) is 2. The molecule has 7 nitrogen and oxygen atoms in total. The first-order valence-electron chi connectivity index (χ1n) is 9.48. The minimum atomic E-state index is 0. The van der Waals surface area contributed by atoms with Gasteiger partial charge in [0.2, 0.25) is 0 Å². The summed E-state index contributed by atoms with van der Waals surface area (Å²) >= 11 is 6.27. The Bertz CT molecular complexity index is 642. The first kappa shape index (κ1) is 23.3. The number of hydrogen-bond acceptors (Lipinski definition) is 5. The molecule has 0 aromatic heterocycles. The van der Waals surface area contributed by atoms with Crippen LogP contribution in [-0.4, -0.2) is 58.7 Å². The number of fused-ring (bicyclic) bond motifs is 1. The second-order valence-corrected chi connectivity index (χ2v) is 6.93. The molecule has 1 fully saturated rings. The number of nitrogens with zero attached hydrogens (tertiary/aromatic N) is 1. The van der Waals surface area contributed by atoms with E-state index in [0.29, 0.717) is 49.5 Å². The van der Waals surface area contributed by atoms with Gasteiger partial charge in [-0.1, -0.05) is 11.6 Å². The van der Waals surface area contributed by atoms with Crippen LogP contribution in [0.25, 0.3) is 0 Å². The molecule has 28 heavy (non-hydrogen) atoms. The first-order valence-corrected chi connectivity index (χ1v) is 9.86. The van der Waals surface area contributed by atoms with E-state index in [1.54, 1.807) is 7.05 Å². The van der Waals surface area contributed by atoms with Crippen molar-refractivity contribution in [2.24, 2.45) is 4.99 Å². The lowest BCUT2D eigenvalue weighted by Crippen LogP contribution is -2.37. The second kappa shape index (κ2) is 12.6. The van der Waals surface area contributed by atoms with Crippen molar-refractivity contribution in [1.82, 2.24) is 10.6 Å². The molecular weight excluding hydrogens is 497 g/mol. The number of aliphatic imine (C=N–C) groups is 1. The SMILES string of the molecule is CN=C(NCCCOCC1CCCO1)NCc1cc(Cl)c2c(c1)OCCO2.I. The molecule has 0 bridgehead atoms. The summed E-state index contributed by atoms with van der Waals surface area (Å²) in [6, 6.07) is 3.83. The van der Waals surface area contributed by atoms with E-state index in [0.717, 1.165) is 43.9 Å². The smallest absolute Gasteiger partial charge is 0.191 e. The Morgan fingerprint density at radius 3 is 2.89 bits per heavy atom. The highest BCUT2D eigenvalue weighted by molar-refractivity contribution is 14.0. The van der Waals surface area contributed by atoms with Crippen LogP contribution in [0.5, 0.6) is 11.5 Å². The second-order valence-electron chi connectivity index (χ2n) is 6.52. The Morgan fingerprint density at radius 1 is 1.25 bits per heavy atom. The van der Waals surface area contributed by atoms with Gasteiger partial charge in [-0.05, 0) is 37.0 Å². The highest BCUT2D eigenvalue weighted by Gasteiger charge is 2.17. The molecule has 0 saturated carbocycles. The number of guanidine groups is 1. The van der Waals surface area contributed by atoms with Crippen LogP contribution in [0.4, 0.5) is 0 Å². The van der Waals surface area contributed by atoms with Crippen LogP contribution in [0.2, 0.25) is 5.02 Å². The molecule has 0 radical (unpaired) electrons. The van der Waals surface area contributed by atoms with E-state index in [9.17, 15) is 0 Å². The van der Waals surface area contributed by atoms with Crippen molar-refractivity contribution in [3.05, 3.63) is 22.7 Å². The zero-order valence-electron chi connectivity index (χ0n) is 16.2. The zero-order chi connectivity index (χ0) is 18.9. The third kappa shape index (κ3) is 7.13. The summed E-state index contributed by atoms with van der Waals surface area (Å²) in [4.78, 5) is 4.24. The predicted octanol–water partition coefficient (Wildman–Crippen LogP) is 2.98. The van der Waals surface area contributed by atoms with Gasteiger partial charge in [0.05, 0.1) is 17.7 Å². The summed E-state index contributed by atoms with van der Waals surface area (Å²) in [6.07, 6.45) is 3.44. The molecule has 0 spiro atoms. The van der Waals surface area contributed by atoms with Crippen molar-refractivity contribution in [3.63, 3.8) is 0 Å². The molecule has 0 amide bonds. The fraction of sp³-hybridized carbons (Fsp3) is 0.632. The molecule has 0 aliphatic carbocycles. The van der Waals surface area contributed by atoms with Crippen LogP contribution in [0, 0.1) is 0 Å². The van der Waals surface area contributed by atoms with Crippen molar-refractivity contribution < 1.29 is 18.9 Å². The minimum Gasteiger partial charge on any atom is -0.486 e.